The van der Waals surface area contributed by atoms with Gasteiger partial charge in [0.15, 0.2) is 0 Å². The van der Waals surface area contributed by atoms with Crippen LogP contribution < -0.4 is 0 Å². The Morgan fingerprint density at radius 3 is 2.63 bits per heavy atom. The fourth-order valence-electron chi connectivity index (χ4n) is 2.01. The van der Waals surface area contributed by atoms with E-state index < -0.39 is 6.09 Å². The molecule has 0 fully saturated rings. The summed E-state index contributed by atoms with van der Waals surface area (Å²) in [4.78, 5) is 11.0. The molecule has 0 atom stereocenters. The first-order chi connectivity index (χ1) is 8.95. The van der Waals surface area contributed by atoms with Crippen LogP contribution in [-0.2, 0) is 0 Å². The van der Waals surface area contributed by atoms with Gasteiger partial charge >= 0.3 is 6.09 Å². The van der Waals surface area contributed by atoms with Crippen molar-refractivity contribution >= 4 is 17.7 Å². The molecule has 19 heavy (non-hydrogen) atoms. The molecule has 0 radical (unpaired) electrons. The topological polar surface area (TPSA) is 78.9 Å². The molecule has 2 rings (SSSR count). The van der Waals surface area contributed by atoms with Crippen LogP contribution in [0.5, 0.6) is 0 Å². The van der Waals surface area contributed by atoms with Crippen LogP contribution in [0, 0.1) is 25.2 Å². The third-order valence-corrected chi connectivity index (χ3v) is 3.16. The van der Waals surface area contributed by atoms with E-state index in [1.54, 1.807) is 32.0 Å². The molecule has 0 saturated carbocycles. The van der Waals surface area contributed by atoms with Crippen LogP contribution in [0.2, 0.25) is 5.02 Å². The Balaban J connectivity index is 2.63. The second-order valence-electron chi connectivity index (χ2n) is 4.05. The molecule has 1 aromatic carbocycles. The predicted octanol–water partition coefficient (Wildman–Crippen LogP) is 3.22. The van der Waals surface area contributed by atoms with Crippen LogP contribution >= 0.6 is 11.6 Å². The molecule has 0 bridgehead atoms. The van der Waals surface area contributed by atoms with E-state index in [9.17, 15) is 4.79 Å². The quantitative estimate of drug-likeness (QED) is 0.866. The van der Waals surface area contributed by atoms with Gasteiger partial charge in [-0.1, -0.05) is 17.7 Å². The number of rotatable bonds is 1. The summed E-state index contributed by atoms with van der Waals surface area (Å²) >= 11 is 5.99. The SMILES string of the molecule is Cc1nn(C(=O)O)c(C)c1-c1ccc(C#N)c(Cl)c1. The monoisotopic (exact) mass is 275 g/mol. The van der Waals surface area contributed by atoms with E-state index in [2.05, 4.69) is 5.10 Å². The number of nitrogens with zero attached hydrogens (tertiary/aromatic N) is 3. The largest absolute Gasteiger partial charge is 0.463 e. The fourth-order valence-corrected chi connectivity index (χ4v) is 2.23. The number of hydrogen-bond donors (Lipinski definition) is 1. The molecule has 0 aliphatic carbocycles. The second-order valence-corrected chi connectivity index (χ2v) is 4.45. The maximum Gasteiger partial charge on any atom is 0.432 e. The van der Waals surface area contributed by atoms with Gasteiger partial charge in [-0.3, -0.25) is 0 Å². The fraction of sp³-hybridized carbons (Fsp3) is 0.154. The molecule has 1 aromatic heterocycles. The summed E-state index contributed by atoms with van der Waals surface area (Å²) in [7, 11) is 0. The molecule has 2 aromatic rings. The van der Waals surface area contributed by atoms with E-state index in [1.807, 2.05) is 6.07 Å². The Bertz CT molecular complexity index is 713. The van der Waals surface area contributed by atoms with Crippen LogP contribution in [0.1, 0.15) is 17.0 Å². The predicted molar refractivity (Wildman–Crippen MR) is 70.3 cm³/mol. The highest BCUT2D eigenvalue weighted by Crippen LogP contribution is 2.30. The molecule has 0 spiro atoms. The van der Waals surface area contributed by atoms with Gasteiger partial charge in [-0.25, -0.2) is 4.79 Å². The van der Waals surface area contributed by atoms with Crippen molar-refractivity contribution in [1.82, 2.24) is 9.78 Å². The molecule has 0 unspecified atom stereocenters. The van der Waals surface area contributed by atoms with Gasteiger partial charge in [0.2, 0.25) is 0 Å². The summed E-state index contributed by atoms with van der Waals surface area (Å²) < 4.78 is 0.927. The summed E-state index contributed by atoms with van der Waals surface area (Å²) in [6, 6.07) is 6.96. The third-order valence-electron chi connectivity index (χ3n) is 2.85. The van der Waals surface area contributed by atoms with Gasteiger partial charge in [-0.05, 0) is 31.5 Å². The standard InChI is InChI=1S/C13H10ClN3O2/c1-7-12(8(2)17(16-7)13(18)19)9-3-4-10(6-15)11(14)5-9/h3-5H,1-2H3,(H,18,19). The van der Waals surface area contributed by atoms with Gasteiger partial charge < -0.3 is 5.11 Å². The molecule has 0 aliphatic heterocycles. The van der Waals surface area contributed by atoms with Crippen LogP contribution in [0.3, 0.4) is 0 Å². The lowest BCUT2D eigenvalue weighted by molar-refractivity contribution is 0.192. The third kappa shape index (κ3) is 2.18. The van der Waals surface area contributed by atoms with Crippen LogP contribution in [0.25, 0.3) is 11.1 Å². The molecule has 1 heterocycles. The van der Waals surface area contributed by atoms with Gasteiger partial charge in [0.05, 0.1) is 22.0 Å². The van der Waals surface area contributed by atoms with Crippen LogP contribution in [0.4, 0.5) is 4.79 Å². The van der Waals surface area contributed by atoms with E-state index in [1.165, 1.54) is 0 Å². The van der Waals surface area contributed by atoms with Crippen molar-refractivity contribution in [1.29, 1.82) is 5.26 Å². The molecule has 0 amide bonds. The zero-order valence-electron chi connectivity index (χ0n) is 10.3. The first kappa shape index (κ1) is 13.1. The highest BCUT2D eigenvalue weighted by atomic mass is 35.5. The number of nitriles is 1. The van der Waals surface area contributed by atoms with E-state index in [0.717, 1.165) is 10.2 Å². The van der Waals surface area contributed by atoms with Crippen molar-refractivity contribution in [3.05, 3.63) is 40.2 Å². The number of benzene rings is 1. The second kappa shape index (κ2) is 4.75. The first-order valence-corrected chi connectivity index (χ1v) is 5.83. The molecule has 5 nitrogen and oxygen atoms in total. The van der Waals surface area contributed by atoms with Crippen molar-refractivity contribution in [2.24, 2.45) is 0 Å². The van der Waals surface area contributed by atoms with E-state index in [-0.39, 0.29) is 0 Å². The van der Waals surface area contributed by atoms with E-state index in [4.69, 9.17) is 22.0 Å². The number of carboxylic acid groups (broad SMARTS) is 1. The number of carbonyl (C=O) groups is 1. The van der Waals surface area contributed by atoms with Gasteiger partial charge in [-0.15, -0.1) is 0 Å². The molecule has 96 valence electrons. The minimum Gasteiger partial charge on any atom is -0.463 e. The highest BCUT2D eigenvalue weighted by molar-refractivity contribution is 6.32. The molecule has 6 heteroatoms. The van der Waals surface area contributed by atoms with Gasteiger partial charge in [0.25, 0.3) is 0 Å². The lowest BCUT2D eigenvalue weighted by Crippen LogP contribution is -2.11. The van der Waals surface area contributed by atoms with E-state index in [0.29, 0.717) is 27.5 Å². The number of hydrogen-bond acceptors (Lipinski definition) is 3. The van der Waals surface area contributed by atoms with Crippen molar-refractivity contribution in [3.8, 4) is 17.2 Å². The maximum absolute atomic E-state index is 11.0. The van der Waals surface area contributed by atoms with Crippen molar-refractivity contribution in [2.75, 3.05) is 0 Å². The Hall–Kier alpha value is -2.32. The highest BCUT2D eigenvalue weighted by Gasteiger charge is 2.17. The average Bonchev–Trinajstić information content (AvgIpc) is 2.65. The van der Waals surface area contributed by atoms with Crippen molar-refractivity contribution < 1.29 is 9.90 Å². The van der Waals surface area contributed by atoms with Crippen molar-refractivity contribution in [2.45, 2.75) is 13.8 Å². The summed E-state index contributed by atoms with van der Waals surface area (Å²) in [5.41, 5.74) is 2.96. The molecule has 0 saturated heterocycles. The minimum atomic E-state index is -1.13. The maximum atomic E-state index is 11.0. The smallest absolute Gasteiger partial charge is 0.432 e. The molecule has 0 aliphatic rings. The van der Waals surface area contributed by atoms with Gasteiger partial charge in [0, 0.05) is 5.56 Å². The Labute approximate surface area is 114 Å². The lowest BCUT2D eigenvalue weighted by atomic mass is 10.0. The zero-order chi connectivity index (χ0) is 14.2. The number of halogens is 1. The normalized spacial score (nSPS) is 10.2. The molecular weight excluding hydrogens is 266 g/mol. The van der Waals surface area contributed by atoms with Crippen LogP contribution in [-0.4, -0.2) is 21.0 Å². The van der Waals surface area contributed by atoms with Crippen molar-refractivity contribution in [3.63, 3.8) is 0 Å². The Morgan fingerprint density at radius 1 is 1.47 bits per heavy atom. The van der Waals surface area contributed by atoms with Gasteiger partial charge in [-0.2, -0.15) is 15.0 Å². The average molecular weight is 276 g/mol. The zero-order valence-corrected chi connectivity index (χ0v) is 11.1. The minimum absolute atomic E-state index is 0.335. The van der Waals surface area contributed by atoms with Crippen LogP contribution in [0.15, 0.2) is 18.2 Å². The lowest BCUT2D eigenvalue weighted by Gasteiger charge is -2.04. The molecule has 1 N–H and O–H groups in total. The van der Waals surface area contributed by atoms with Gasteiger partial charge in [0.1, 0.15) is 6.07 Å². The summed E-state index contributed by atoms with van der Waals surface area (Å²) in [6.07, 6.45) is -1.13. The molecular formula is C13H10ClN3O2. The Morgan fingerprint density at radius 2 is 2.16 bits per heavy atom. The number of aromatic nitrogens is 2. The Kier molecular flexibility index (Phi) is 3.28. The summed E-state index contributed by atoms with van der Waals surface area (Å²) in [6.45, 7) is 3.41. The van der Waals surface area contributed by atoms with E-state index >= 15 is 0 Å². The summed E-state index contributed by atoms with van der Waals surface area (Å²) in [5.74, 6) is 0. The number of aryl methyl sites for hydroxylation is 1. The summed E-state index contributed by atoms with van der Waals surface area (Å²) in [5, 5.41) is 22.2. The first-order valence-electron chi connectivity index (χ1n) is 5.45.